The third-order valence-electron chi connectivity index (χ3n) is 7.13. The fraction of sp³-hybridized carbons (Fsp3) is 0.517. The SMILES string of the molecule is COc1cccc(C(C(N)=NCCc2ccccc2)N2CCC(C(=O)N(C)C(C)(C)C)CC2)c1OC. The second kappa shape index (κ2) is 12.3. The predicted octanol–water partition coefficient (Wildman–Crippen LogP) is 4.31. The lowest BCUT2D eigenvalue weighted by atomic mass is 9.91. The molecule has 3 rings (SSSR count). The molecular weight excluding hydrogens is 452 g/mol. The number of nitrogens with two attached hydrogens (primary N) is 1. The van der Waals surface area contributed by atoms with Crippen molar-refractivity contribution in [3.8, 4) is 11.5 Å². The molecule has 0 spiro atoms. The molecule has 0 bridgehead atoms. The van der Waals surface area contributed by atoms with Crippen LogP contribution in [0.5, 0.6) is 11.5 Å². The normalized spacial score (nSPS) is 16.4. The van der Waals surface area contributed by atoms with Crippen molar-refractivity contribution in [1.29, 1.82) is 0 Å². The number of carbonyl (C=O) groups is 1. The van der Waals surface area contributed by atoms with E-state index in [1.54, 1.807) is 14.2 Å². The summed E-state index contributed by atoms with van der Waals surface area (Å²) in [5, 5.41) is 0. The van der Waals surface area contributed by atoms with Crippen molar-refractivity contribution in [2.75, 3.05) is 40.9 Å². The van der Waals surface area contributed by atoms with E-state index in [1.807, 2.05) is 48.3 Å². The van der Waals surface area contributed by atoms with Crippen LogP contribution < -0.4 is 15.2 Å². The van der Waals surface area contributed by atoms with Gasteiger partial charge in [0.25, 0.3) is 0 Å². The number of carbonyl (C=O) groups excluding carboxylic acids is 1. The van der Waals surface area contributed by atoms with Crippen LogP contribution in [0.25, 0.3) is 0 Å². The highest BCUT2D eigenvalue weighted by Gasteiger charge is 2.35. The quantitative estimate of drug-likeness (QED) is 0.415. The lowest BCUT2D eigenvalue weighted by Crippen LogP contribution is -2.49. The van der Waals surface area contributed by atoms with E-state index >= 15 is 0 Å². The van der Waals surface area contributed by atoms with Crippen LogP contribution in [0, 0.1) is 5.92 Å². The molecule has 7 heteroatoms. The van der Waals surface area contributed by atoms with E-state index in [2.05, 4.69) is 37.8 Å². The molecule has 36 heavy (non-hydrogen) atoms. The predicted molar refractivity (Wildman–Crippen MR) is 146 cm³/mol. The van der Waals surface area contributed by atoms with Gasteiger partial charge in [-0.1, -0.05) is 42.5 Å². The summed E-state index contributed by atoms with van der Waals surface area (Å²) in [7, 11) is 5.18. The van der Waals surface area contributed by atoms with Crippen molar-refractivity contribution in [1.82, 2.24) is 9.80 Å². The van der Waals surface area contributed by atoms with Gasteiger partial charge in [-0.25, -0.2) is 0 Å². The summed E-state index contributed by atoms with van der Waals surface area (Å²) in [4.78, 5) is 22.1. The average Bonchev–Trinajstić information content (AvgIpc) is 2.88. The molecule has 1 unspecified atom stereocenters. The molecule has 1 saturated heterocycles. The number of ether oxygens (including phenoxy) is 2. The number of piperidine rings is 1. The van der Waals surface area contributed by atoms with E-state index in [9.17, 15) is 4.79 Å². The highest BCUT2D eigenvalue weighted by atomic mass is 16.5. The number of amidine groups is 1. The van der Waals surface area contributed by atoms with Gasteiger partial charge in [-0.3, -0.25) is 14.7 Å². The van der Waals surface area contributed by atoms with E-state index in [1.165, 1.54) is 5.56 Å². The summed E-state index contributed by atoms with van der Waals surface area (Å²) in [5.41, 5.74) is 8.66. The Balaban J connectivity index is 1.84. The molecule has 7 nitrogen and oxygen atoms in total. The Morgan fingerprint density at radius 1 is 1.08 bits per heavy atom. The first-order chi connectivity index (χ1) is 17.2. The van der Waals surface area contributed by atoms with Gasteiger partial charge in [-0.05, 0) is 64.8 Å². The molecule has 1 aliphatic heterocycles. The number of benzene rings is 2. The molecule has 1 atom stereocenters. The molecule has 196 valence electrons. The molecule has 0 aromatic heterocycles. The van der Waals surface area contributed by atoms with Crippen LogP contribution in [-0.4, -0.2) is 68.0 Å². The van der Waals surface area contributed by atoms with Gasteiger partial charge < -0.3 is 20.1 Å². The topological polar surface area (TPSA) is 80.4 Å². The van der Waals surface area contributed by atoms with E-state index in [4.69, 9.17) is 20.2 Å². The lowest BCUT2D eigenvalue weighted by molar-refractivity contribution is -0.140. The maximum absolute atomic E-state index is 13.1. The summed E-state index contributed by atoms with van der Waals surface area (Å²) < 4.78 is 11.3. The largest absolute Gasteiger partial charge is 0.493 e. The van der Waals surface area contributed by atoms with Crippen LogP contribution in [-0.2, 0) is 11.2 Å². The van der Waals surface area contributed by atoms with Crippen LogP contribution in [0.15, 0.2) is 53.5 Å². The van der Waals surface area contributed by atoms with Crippen LogP contribution in [0.2, 0.25) is 0 Å². The lowest BCUT2D eigenvalue weighted by Gasteiger charge is -2.40. The van der Waals surface area contributed by atoms with Crippen LogP contribution in [0.3, 0.4) is 0 Å². The van der Waals surface area contributed by atoms with Crippen molar-refractivity contribution in [2.45, 2.75) is 51.6 Å². The second-order valence-electron chi connectivity index (χ2n) is 10.4. The standard InChI is InChI=1S/C29H42N4O3/c1-29(2,3)32(4)28(34)22-16-19-33(20-17-22)25(23-13-10-14-24(35-5)26(23)36-6)27(30)31-18-15-21-11-8-7-9-12-21/h7-14,22,25H,15-20H2,1-6H3,(H2,30,31). The number of aliphatic imine (C=N–C) groups is 1. The fourth-order valence-corrected chi connectivity index (χ4v) is 4.72. The van der Waals surface area contributed by atoms with E-state index in [0.29, 0.717) is 23.9 Å². The second-order valence-corrected chi connectivity index (χ2v) is 10.4. The zero-order chi connectivity index (χ0) is 26.3. The summed E-state index contributed by atoms with van der Waals surface area (Å²) >= 11 is 0. The van der Waals surface area contributed by atoms with E-state index in [0.717, 1.165) is 37.9 Å². The highest BCUT2D eigenvalue weighted by Crippen LogP contribution is 2.38. The Kier molecular flexibility index (Phi) is 9.37. The third-order valence-corrected chi connectivity index (χ3v) is 7.13. The van der Waals surface area contributed by atoms with Gasteiger partial charge >= 0.3 is 0 Å². The van der Waals surface area contributed by atoms with Gasteiger partial charge in [0.05, 0.1) is 20.3 Å². The molecule has 1 aliphatic rings. The van der Waals surface area contributed by atoms with Gasteiger partial charge in [0, 0.05) is 30.6 Å². The summed E-state index contributed by atoms with van der Waals surface area (Å²) in [5.74, 6) is 2.09. The van der Waals surface area contributed by atoms with Crippen molar-refractivity contribution in [3.63, 3.8) is 0 Å². The minimum absolute atomic E-state index is 0.00886. The molecule has 0 radical (unpaired) electrons. The van der Waals surface area contributed by atoms with Crippen LogP contribution in [0.4, 0.5) is 0 Å². The number of amides is 1. The highest BCUT2D eigenvalue weighted by molar-refractivity contribution is 5.88. The number of para-hydroxylation sites is 1. The molecule has 1 fully saturated rings. The van der Waals surface area contributed by atoms with Crippen molar-refractivity contribution in [3.05, 3.63) is 59.7 Å². The molecule has 2 aromatic carbocycles. The Hall–Kier alpha value is -3.06. The first kappa shape index (κ1) is 27.5. The number of methoxy groups -OCH3 is 2. The van der Waals surface area contributed by atoms with Crippen LogP contribution >= 0.6 is 0 Å². The Morgan fingerprint density at radius 3 is 2.33 bits per heavy atom. The first-order valence-electron chi connectivity index (χ1n) is 12.7. The zero-order valence-electron chi connectivity index (χ0n) is 22.7. The smallest absolute Gasteiger partial charge is 0.225 e. The Morgan fingerprint density at radius 2 is 1.75 bits per heavy atom. The molecule has 0 saturated carbocycles. The number of nitrogens with zero attached hydrogens (tertiary/aromatic N) is 3. The van der Waals surface area contributed by atoms with Crippen molar-refractivity contribution >= 4 is 11.7 Å². The maximum Gasteiger partial charge on any atom is 0.225 e. The third kappa shape index (κ3) is 6.58. The van der Waals surface area contributed by atoms with Gasteiger partial charge in [-0.2, -0.15) is 0 Å². The summed E-state index contributed by atoms with van der Waals surface area (Å²) in [6.45, 7) is 8.29. The zero-order valence-corrected chi connectivity index (χ0v) is 22.7. The monoisotopic (exact) mass is 494 g/mol. The molecule has 2 N–H and O–H groups in total. The molecule has 2 aromatic rings. The Labute approximate surface area is 216 Å². The maximum atomic E-state index is 13.1. The minimum Gasteiger partial charge on any atom is -0.493 e. The van der Waals surface area contributed by atoms with Crippen molar-refractivity contribution < 1.29 is 14.3 Å². The van der Waals surface area contributed by atoms with Gasteiger partial charge in [0.15, 0.2) is 11.5 Å². The Bertz CT molecular complexity index is 1020. The van der Waals surface area contributed by atoms with Crippen molar-refractivity contribution in [2.24, 2.45) is 16.6 Å². The number of rotatable bonds is 9. The number of likely N-dealkylation sites (tertiary alicyclic amines) is 1. The van der Waals surface area contributed by atoms with Gasteiger partial charge in [0.2, 0.25) is 5.91 Å². The van der Waals surface area contributed by atoms with Gasteiger partial charge in [0.1, 0.15) is 5.84 Å². The minimum atomic E-state index is -0.262. The molecule has 0 aliphatic carbocycles. The van der Waals surface area contributed by atoms with Gasteiger partial charge in [-0.15, -0.1) is 0 Å². The average molecular weight is 495 g/mol. The number of hydrogen-bond donors (Lipinski definition) is 1. The molecule has 1 amide bonds. The molecule has 1 heterocycles. The van der Waals surface area contributed by atoms with E-state index < -0.39 is 0 Å². The molecular formula is C29H42N4O3. The fourth-order valence-electron chi connectivity index (χ4n) is 4.72. The summed E-state index contributed by atoms with van der Waals surface area (Å²) in [6.07, 6.45) is 2.37. The first-order valence-corrected chi connectivity index (χ1v) is 12.7. The van der Waals surface area contributed by atoms with E-state index in [-0.39, 0.29) is 23.4 Å². The number of hydrogen-bond acceptors (Lipinski definition) is 5. The van der Waals surface area contributed by atoms with Crippen LogP contribution in [0.1, 0.15) is 50.8 Å². The summed E-state index contributed by atoms with van der Waals surface area (Å²) in [6, 6.07) is 15.9.